The van der Waals surface area contributed by atoms with Gasteiger partial charge >= 0.3 is 5.69 Å². The van der Waals surface area contributed by atoms with Crippen LogP contribution in [0.5, 0.6) is 0 Å². The molecule has 1 aliphatic rings. The van der Waals surface area contributed by atoms with Gasteiger partial charge in [-0.2, -0.15) is 0 Å². The smallest absolute Gasteiger partial charge is 0.330 e. The summed E-state index contributed by atoms with van der Waals surface area (Å²) in [6, 6.07) is -0.0565. The van der Waals surface area contributed by atoms with E-state index in [2.05, 4.69) is 4.98 Å². The number of likely N-dealkylation sites (N-methyl/N-ethyl adjacent to an activating group) is 2. The number of nitrogens with two attached hydrogens (primary N) is 1. The number of anilines is 1. The SMILES string of the molecule is CN(CC(=O)c1c(N)n(C2CC2)c(=O)[nH]c1=O)CC(=O)N(C)C. The van der Waals surface area contributed by atoms with E-state index in [9.17, 15) is 19.2 Å². The minimum Gasteiger partial charge on any atom is -0.384 e. The molecule has 1 fully saturated rings. The van der Waals surface area contributed by atoms with Crippen LogP contribution in [-0.2, 0) is 4.79 Å². The van der Waals surface area contributed by atoms with Crippen LogP contribution in [-0.4, -0.2) is 65.3 Å². The van der Waals surface area contributed by atoms with Crippen LogP contribution in [0.2, 0.25) is 0 Å². The molecule has 0 aromatic carbocycles. The lowest BCUT2D eigenvalue weighted by molar-refractivity contribution is -0.129. The van der Waals surface area contributed by atoms with Gasteiger partial charge in [0.15, 0.2) is 5.78 Å². The van der Waals surface area contributed by atoms with Crippen molar-refractivity contribution in [3.8, 4) is 0 Å². The van der Waals surface area contributed by atoms with Gasteiger partial charge in [-0.3, -0.25) is 28.8 Å². The van der Waals surface area contributed by atoms with Crippen molar-refractivity contribution in [3.05, 3.63) is 26.4 Å². The van der Waals surface area contributed by atoms with Gasteiger partial charge in [0.2, 0.25) is 5.91 Å². The molecule has 1 aliphatic carbocycles. The van der Waals surface area contributed by atoms with Gasteiger partial charge in [0.1, 0.15) is 11.4 Å². The highest BCUT2D eigenvalue weighted by Gasteiger charge is 2.30. The zero-order valence-corrected chi connectivity index (χ0v) is 13.5. The van der Waals surface area contributed by atoms with Gasteiger partial charge in [0.25, 0.3) is 5.56 Å². The summed E-state index contributed by atoms with van der Waals surface area (Å²) in [7, 11) is 4.83. The van der Waals surface area contributed by atoms with Crippen LogP contribution in [0.1, 0.15) is 29.2 Å². The monoisotopic (exact) mass is 323 g/mol. The van der Waals surface area contributed by atoms with Crippen molar-refractivity contribution in [1.82, 2.24) is 19.4 Å². The number of carbonyl (C=O) groups is 2. The lowest BCUT2D eigenvalue weighted by atomic mass is 10.2. The number of H-pyrrole nitrogens is 1. The van der Waals surface area contributed by atoms with Gasteiger partial charge in [-0.25, -0.2) is 4.79 Å². The van der Waals surface area contributed by atoms with E-state index in [4.69, 9.17) is 5.73 Å². The van der Waals surface area contributed by atoms with Crippen molar-refractivity contribution in [2.45, 2.75) is 18.9 Å². The molecule has 0 radical (unpaired) electrons. The van der Waals surface area contributed by atoms with E-state index in [1.807, 2.05) is 0 Å². The zero-order chi connectivity index (χ0) is 17.3. The van der Waals surface area contributed by atoms with Crippen LogP contribution < -0.4 is 17.0 Å². The third-order valence-electron chi connectivity index (χ3n) is 3.69. The fraction of sp³-hybridized carbons (Fsp3) is 0.571. The van der Waals surface area contributed by atoms with Gasteiger partial charge in [0.05, 0.1) is 13.1 Å². The molecule has 0 saturated heterocycles. The highest BCUT2D eigenvalue weighted by molar-refractivity contribution is 6.01. The largest absolute Gasteiger partial charge is 0.384 e. The fourth-order valence-electron chi connectivity index (χ4n) is 2.28. The summed E-state index contributed by atoms with van der Waals surface area (Å²) >= 11 is 0. The minimum atomic E-state index is -0.790. The maximum Gasteiger partial charge on any atom is 0.330 e. The van der Waals surface area contributed by atoms with Crippen LogP contribution in [0.4, 0.5) is 5.82 Å². The Morgan fingerprint density at radius 2 is 1.83 bits per heavy atom. The van der Waals surface area contributed by atoms with Gasteiger partial charge in [0, 0.05) is 20.1 Å². The van der Waals surface area contributed by atoms with Crippen molar-refractivity contribution in [2.75, 3.05) is 40.0 Å². The summed E-state index contributed by atoms with van der Waals surface area (Å²) in [4.78, 5) is 52.8. The number of Topliss-reactive ketones (excluding diaryl/α,β-unsaturated/α-hetero) is 1. The number of ketones is 1. The van der Waals surface area contributed by atoms with Gasteiger partial charge in [-0.15, -0.1) is 0 Å². The number of amides is 1. The van der Waals surface area contributed by atoms with Crippen molar-refractivity contribution in [3.63, 3.8) is 0 Å². The van der Waals surface area contributed by atoms with Gasteiger partial charge in [-0.05, 0) is 19.9 Å². The number of hydrogen-bond acceptors (Lipinski definition) is 6. The van der Waals surface area contributed by atoms with Crippen LogP contribution in [0, 0.1) is 0 Å². The molecule has 1 amide bonds. The van der Waals surface area contributed by atoms with E-state index in [0.29, 0.717) is 0 Å². The number of nitrogen functional groups attached to an aromatic ring is 1. The Hall–Kier alpha value is -2.42. The molecule has 0 unspecified atom stereocenters. The Labute approximate surface area is 132 Å². The first-order valence-corrected chi connectivity index (χ1v) is 7.28. The zero-order valence-electron chi connectivity index (χ0n) is 13.5. The number of nitrogens with zero attached hydrogens (tertiary/aromatic N) is 3. The van der Waals surface area contributed by atoms with E-state index in [0.717, 1.165) is 12.8 Å². The number of rotatable bonds is 6. The number of carbonyl (C=O) groups excluding carboxylic acids is 2. The Morgan fingerprint density at radius 3 is 2.35 bits per heavy atom. The van der Waals surface area contributed by atoms with Crippen LogP contribution >= 0.6 is 0 Å². The molecule has 9 heteroatoms. The number of aromatic nitrogens is 2. The molecule has 0 bridgehead atoms. The molecule has 3 N–H and O–H groups in total. The first-order valence-electron chi connectivity index (χ1n) is 7.28. The molecule has 0 atom stereocenters. The lowest BCUT2D eigenvalue weighted by Crippen LogP contribution is -2.40. The van der Waals surface area contributed by atoms with Crippen LogP contribution in [0.25, 0.3) is 0 Å². The fourth-order valence-corrected chi connectivity index (χ4v) is 2.28. The Kier molecular flexibility index (Phi) is 4.69. The molecule has 126 valence electrons. The lowest BCUT2D eigenvalue weighted by Gasteiger charge is -2.18. The number of aromatic amines is 1. The normalized spacial score (nSPS) is 14.1. The quantitative estimate of drug-likeness (QED) is 0.625. The average molecular weight is 323 g/mol. The Morgan fingerprint density at radius 1 is 1.22 bits per heavy atom. The highest BCUT2D eigenvalue weighted by atomic mass is 16.2. The molecule has 1 aromatic heterocycles. The van der Waals surface area contributed by atoms with Crippen molar-refractivity contribution >= 4 is 17.5 Å². The molecular formula is C14H21N5O4. The molecule has 1 heterocycles. The van der Waals surface area contributed by atoms with Crippen molar-refractivity contribution < 1.29 is 9.59 Å². The summed E-state index contributed by atoms with van der Waals surface area (Å²) in [5, 5.41) is 0. The standard InChI is InChI=1S/C14H21N5O4/c1-17(2)10(21)7-18(3)6-9(20)11-12(15)19(8-4-5-8)14(23)16-13(11)22/h8H,4-7,15H2,1-3H3,(H,16,22,23). The van der Waals surface area contributed by atoms with E-state index >= 15 is 0 Å². The average Bonchev–Trinajstić information content (AvgIpc) is 3.21. The topological polar surface area (TPSA) is 121 Å². The minimum absolute atomic E-state index is 0.0405. The third kappa shape index (κ3) is 3.67. The Balaban J connectivity index is 2.23. The first kappa shape index (κ1) is 16.9. The molecule has 0 aliphatic heterocycles. The number of hydrogen-bond donors (Lipinski definition) is 2. The molecule has 23 heavy (non-hydrogen) atoms. The second-order valence-electron chi connectivity index (χ2n) is 6.00. The van der Waals surface area contributed by atoms with E-state index in [1.165, 1.54) is 14.4 Å². The molecule has 1 saturated carbocycles. The second-order valence-corrected chi connectivity index (χ2v) is 6.00. The summed E-state index contributed by atoms with van der Waals surface area (Å²) in [6.45, 7) is -0.103. The highest BCUT2D eigenvalue weighted by Crippen LogP contribution is 2.35. The molecule has 9 nitrogen and oxygen atoms in total. The molecular weight excluding hydrogens is 302 g/mol. The summed E-state index contributed by atoms with van der Waals surface area (Å²) in [5.74, 6) is -0.782. The van der Waals surface area contributed by atoms with Gasteiger partial charge < -0.3 is 10.6 Å². The molecule has 2 rings (SSSR count). The maximum atomic E-state index is 12.4. The summed E-state index contributed by atoms with van der Waals surface area (Å²) < 4.78 is 1.26. The maximum absolute atomic E-state index is 12.4. The van der Waals surface area contributed by atoms with E-state index in [-0.39, 0.29) is 36.4 Å². The molecule has 0 spiro atoms. The summed E-state index contributed by atoms with van der Waals surface area (Å²) in [6.07, 6.45) is 1.59. The number of nitrogens with one attached hydrogen (secondary N) is 1. The third-order valence-corrected chi connectivity index (χ3v) is 3.69. The Bertz CT molecular complexity index is 745. The van der Waals surface area contributed by atoms with Crippen LogP contribution in [0.15, 0.2) is 9.59 Å². The van der Waals surface area contributed by atoms with E-state index in [1.54, 1.807) is 21.1 Å². The predicted octanol–water partition coefficient (Wildman–Crippen LogP) is -1.34. The second kappa shape index (κ2) is 6.37. The first-order chi connectivity index (χ1) is 10.7. The van der Waals surface area contributed by atoms with Crippen molar-refractivity contribution in [1.29, 1.82) is 0 Å². The van der Waals surface area contributed by atoms with Crippen LogP contribution in [0.3, 0.4) is 0 Å². The predicted molar refractivity (Wildman–Crippen MR) is 84.5 cm³/mol. The van der Waals surface area contributed by atoms with Crippen molar-refractivity contribution in [2.24, 2.45) is 0 Å². The molecule has 1 aromatic rings. The van der Waals surface area contributed by atoms with Gasteiger partial charge in [-0.1, -0.05) is 0 Å². The summed E-state index contributed by atoms with van der Waals surface area (Å²) in [5.41, 5.74) is 4.27. The van der Waals surface area contributed by atoms with E-state index < -0.39 is 17.0 Å².